The van der Waals surface area contributed by atoms with Crippen molar-refractivity contribution in [3.63, 3.8) is 0 Å². The molecule has 4 aromatic rings. The molecule has 1 unspecified atom stereocenters. The second-order valence-corrected chi connectivity index (χ2v) is 10.7. The van der Waals surface area contributed by atoms with Crippen LogP contribution in [0.5, 0.6) is 0 Å². The van der Waals surface area contributed by atoms with Crippen LogP contribution in [0.1, 0.15) is 34.5 Å². The summed E-state index contributed by atoms with van der Waals surface area (Å²) in [5.41, 5.74) is 2.83. The number of benzene rings is 4. The first-order chi connectivity index (χ1) is 18.3. The van der Waals surface area contributed by atoms with Crippen molar-refractivity contribution in [3.8, 4) is 0 Å². The minimum absolute atomic E-state index is 0.0723. The molecule has 0 spiro atoms. The fraction of sp³-hybridized carbons (Fsp3) is 0.133. The normalized spacial score (nSPS) is 11.8. The first-order valence-electron chi connectivity index (χ1n) is 12.1. The predicted octanol–water partition coefficient (Wildman–Crippen LogP) is 5.32. The van der Waals surface area contributed by atoms with Crippen LogP contribution in [0.3, 0.4) is 0 Å². The lowest BCUT2D eigenvalue weighted by molar-refractivity contribution is -0.114. The van der Waals surface area contributed by atoms with Crippen molar-refractivity contribution in [3.05, 3.63) is 126 Å². The Labute approximate surface area is 223 Å². The number of nitrogens with one attached hydrogen (secondary N) is 2. The van der Waals surface area contributed by atoms with Gasteiger partial charge in [0.1, 0.15) is 6.54 Å². The molecule has 7 nitrogen and oxygen atoms in total. The first-order valence-corrected chi connectivity index (χ1v) is 13.6. The zero-order chi connectivity index (χ0) is 27.1. The summed E-state index contributed by atoms with van der Waals surface area (Å²) in [4.78, 5) is 26.4. The highest BCUT2D eigenvalue weighted by Gasteiger charge is 2.27. The number of para-hydroxylation sites is 1. The van der Waals surface area contributed by atoms with E-state index in [0.717, 1.165) is 15.4 Å². The van der Waals surface area contributed by atoms with Crippen LogP contribution in [-0.2, 0) is 14.8 Å². The van der Waals surface area contributed by atoms with Crippen LogP contribution in [0, 0.1) is 6.92 Å². The number of rotatable bonds is 9. The van der Waals surface area contributed by atoms with E-state index >= 15 is 0 Å². The molecule has 8 heteroatoms. The average molecular weight is 528 g/mol. The Kier molecular flexibility index (Phi) is 8.23. The van der Waals surface area contributed by atoms with Crippen molar-refractivity contribution in [1.82, 2.24) is 5.32 Å². The molecular formula is C30H29N3O4S. The molecule has 1 atom stereocenters. The second-order valence-electron chi connectivity index (χ2n) is 8.86. The first kappa shape index (κ1) is 26.6. The Balaban J connectivity index is 1.57. The van der Waals surface area contributed by atoms with Gasteiger partial charge < -0.3 is 10.6 Å². The van der Waals surface area contributed by atoms with E-state index < -0.39 is 22.5 Å². The van der Waals surface area contributed by atoms with E-state index in [0.29, 0.717) is 5.69 Å². The highest BCUT2D eigenvalue weighted by Crippen LogP contribution is 2.25. The minimum Gasteiger partial charge on any atom is -0.345 e. The number of hydrogen-bond acceptors (Lipinski definition) is 4. The van der Waals surface area contributed by atoms with Gasteiger partial charge in [-0.15, -0.1) is 0 Å². The summed E-state index contributed by atoms with van der Waals surface area (Å²) in [5.74, 6) is -0.939. The molecule has 4 aromatic carbocycles. The molecular weight excluding hydrogens is 498 g/mol. The van der Waals surface area contributed by atoms with Gasteiger partial charge in [-0.05, 0) is 55.8 Å². The smallest absolute Gasteiger partial charge is 0.264 e. The lowest BCUT2D eigenvalue weighted by atomic mass is 10.1. The lowest BCUT2D eigenvalue weighted by Crippen LogP contribution is -2.38. The Hall–Kier alpha value is -4.43. The fourth-order valence-electron chi connectivity index (χ4n) is 3.96. The summed E-state index contributed by atoms with van der Waals surface area (Å²) in [6.07, 6.45) is 0. The van der Waals surface area contributed by atoms with E-state index in [1.165, 1.54) is 12.1 Å². The van der Waals surface area contributed by atoms with Crippen molar-refractivity contribution in [2.45, 2.75) is 24.8 Å². The van der Waals surface area contributed by atoms with E-state index in [-0.39, 0.29) is 28.1 Å². The Morgan fingerprint density at radius 3 is 2.03 bits per heavy atom. The zero-order valence-corrected chi connectivity index (χ0v) is 22.0. The number of anilines is 2. The molecule has 0 saturated heterocycles. The van der Waals surface area contributed by atoms with Crippen LogP contribution in [0.4, 0.5) is 11.4 Å². The van der Waals surface area contributed by atoms with Crippen LogP contribution < -0.4 is 14.9 Å². The summed E-state index contributed by atoms with van der Waals surface area (Å²) in [6.45, 7) is 3.30. The van der Waals surface area contributed by atoms with Crippen LogP contribution in [0.2, 0.25) is 0 Å². The van der Waals surface area contributed by atoms with Crippen LogP contribution in [0.15, 0.2) is 114 Å². The third-order valence-electron chi connectivity index (χ3n) is 6.03. The molecule has 194 valence electrons. The maximum absolute atomic E-state index is 13.5. The number of hydrogen-bond donors (Lipinski definition) is 2. The van der Waals surface area contributed by atoms with Gasteiger partial charge in [-0.25, -0.2) is 8.42 Å². The average Bonchev–Trinajstić information content (AvgIpc) is 2.93. The number of sulfonamides is 1. The molecule has 0 saturated carbocycles. The highest BCUT2D eigenvalue weighted by atomic mass is 32.2. The van der Waals surface area contributed by atoms with Gasteiger partial charge in [0.25, 0.3) is 15.9 Å². The third-order valence-corrected chi connectivity index (χ3v) is 7.82. The molecule has 38 heavy (non-hydrogen) atoms. The zero-order valence-electron chi connectivity index (χ0n) is 21.2. The molecule has 0 radical (unpaired) electrons. The SMILES string of the molecule is Cc1ccc(N(CC(=O)Nc2ccccc2C(=O)NC(C)c2ccccc2)S(=O)(=O)c2ccccc2)cc1. The van der Waals surface area contributed by atoms with Crippen molar-refractivity contribution < 1.29 is 18.0 Å². The van der Waals surface area contributed by atoms with Gasteiger partial charge in [0.05, 0.1) is 27.9 Å². The van der Waals surface area contributed by atoms with Crippen LogP contribution in [0.25, 0.3) is 0 Å². The van der Waals surface area contributed by atoms with Gasteiger partial charge in [0.15, 0.2) is 0 Å². The summed E-state index contributed by atoms with van der Waals surface area (Å²) in [5, 5.41) is 5.68. The third kappa shape index (κ3) is 6.27. The monoisotopic (exact) mass is 527 g/mol. The summed E-state index contributed by atoms with van der Waals surface area (Å²) in [6, 6.07) is 30.8. The molecule has 0 aromatic heterocycles. The van der Waals surface area contributed by atoms with Gasteiger partial charge in [-0.1, -0.05) is 78.4 Å². The van der Waals surface area contributed by atoms with Gasteiger partial charge in [0.2, 0.25) is 5.91 Å². The van der Waals surface area contributed by atoms with Crippen LogP contribution >= 0.6 is 0 Å². The van der Waals surface area contributed by atoms with Crippen molar-refractivity contribution in [2.75, 3.05) is 16.2 Å². The Bertz CT molecular complexity index is 1510. The standard InChI is InChI=1S/C30H29N3O4S/c1-22-17-19-25(20-18-22)33(38(36,37)26-13-7-4-8-14-26)21-29(34)32-28-16-10-9-15-27(28)30(35)31-23(2)24-11-5-3-6-12-24/h3-20,23H,21H2,1-2H3,(H,31,35)(H,32,34). The van der Waals surface area contributed by atoms with Gasteiger partial charge in [-0.2, -0.15) is 0 Å². The van der Waals surface area contributed by atoms with E-state index in [1.807, 2.05) is 44.2 Å². The minimum atomic E-state index is -4.03. The van der Waals surface area contributed by atoms with E-state index in [4.69, 9.17) is 0 Å². The molecule has 0 aliphatic rings. The number of nitrogens with zero attached hydrogens (tertiary/aromatic N) is 1. The molecule has 0 aliphatic carbocycles. The molecule has 0 aliphatic heterocycles. The van der Waals surface area contributed by atoms with Crippen LogP contribution in [-0.4, -0.2) is 26.8 Å². The predicted molar refractivity (Wildman–Crippen MR) is 150 cm³/mol. The summed E-state index contributed by atoms with van der Waals surface area (Å²) in [7, 11) is -4.03. The largest absolute Gasteiger partial charge is 0.345 e. The molecule has 0 bridgehead atoms. The van der Waals surface area contributed by atoms with Crippen molar-refractivity contribution >= 4 is 33.2 Å². The van der Waals surface area contributed by atoms with Gasteiger partial charge >= 0.3 is 0 Å². The summed E-state index contributed by atoms with van der Waals surface area (Å²) < 4.78 is 28.1. The lowest BCUT2D eigenvalue weighted by Gasteiger charge is -2.24. The van der Waals surface area contributed by atoms with E-state index in [2.05, 4.69) is 10.6 Å². The van der Waals surface area contributed by atoms with Crippen molar-refractivity contribution in [2.24, 2.45) is 0 Å². The number of amides is 2. The Morgan fingerprint density at radius 1 is 0.789 bits per heavy atom. The van der Waals surface area contributed by atoms with E-state index in [1.54, 1.807) is 66.7 Å². The molecule has 2 amide bonds. The maximum atomic E-state index is 13.5. The Morgan fingerprint density at radius 2 is 1.37 bits per heavy atom. The number of aryl methyl sites for hydroxylation is 1. The van der Waals surface area contributed by atoms with Crippen molar-refractivity contribution in [1.29, 1.82) is 0 Å². The van der Waals surface area contributed by atoms with E-state index in [9.17, 15) is 18.0 Å². The maximum Gasteiger partial charge on any atom is 0.264 e. The highest BCUT2D eigenvalue weighted by molar-refractivity contribution is 7.92. The molecule has 0 fully saturated rings. The molecule has 4 rings (SSSR count). The van der Waals surface area contributed by atoms with Gasteiger partial charge in [-0.3, -0.25) is 13.9 Å². The fourth-order valence-corrected chi connectivity index (χ4v) is 5.40. The topological polar surface area (TPSA) is 95.6 Å². The quantitative estimate of drug-likeness (QED) is 0.308. The number of carbonyl (C=O) groups excluding carboxylic acids is 2. The molecule has 2 N–H and O–H groups in total. The molecule has 0 heterocycles. The van der Waals surface area contributed by atoms with Gasteiger partial charge in [0, 0.05) is 0 Å². The number of carbonyl (C=O) groups is 2. The summed E-state index contributed by atoms with van der Waals surface area (Å²) >= 11 is 0. The second kappa shape index (κ2) is 11.7.